The molecular formula is C63H96O6. The van der Waals surface area contributed by atoms with Crippen molar-refractivity contribution in [2.75, 3.05) is 13.2 Å². The first-order valence-corrected chi connectivity index (χ1v) is 27.0. The van der Waals surface area contributed by atoms with Crippen molar-refractivity contribution in [1.29, 1.82) is 0 Å². The molecule has 0 N–H and O–H groups in total. The first-order valence-electron chi connectivity index (χ1n) is 27.0. The first-order chi connectivity index (χ1) is 34.0. The Bertz CT molecular complexity index is 1610. The molecule has 0 rings (SSSR count). The van der Waals surface area contributed by atoms with Gasteiger partial charge in [0, 0.05) is 19.3 Å². The van der Waals surface area contributed by atoms with Crippen LogP contribution in [0.3, 0.4) is 0 Å². The summed E-state index contributed by atoms with van der Waals surface area (Å²) in [5.41, 5.74) is 0. The lowest BCUT2D eigenvalue weighted by atomic mass is 10.1. The highest BCUT2D eigenvalue weighted by atomic mass is 16.6. The molecule has 0 spiro atoms. The van der Waals surface area contributed by atoms with Crippen molar-refractivity contribution in [2.24, 2.45) is 0 Å². The SMILES string of the molecule is CC/C=C\C/C=C\C/C=C\C/C=C\C/C=C\CCCCCCCC(=O)OCC(COC(=O)CCCC/C=C\C/C=C\C/C=C\C/C=C\CC)OC(=O)CCCC/C=C\C/C=C\C/C=C\C/C=C\CC. The van der Waals surface area contributed by atoms with Gasteiger partial charge in [0.1, 0.15) is 13.2 Å². The summed E-state index contributed by atoms with van der Waals surface area (Å²) in [6.45, 7) is 6.18. The van der Waals surface area contributed by atoms with Gasteiger partial charge in [0.05, 0.1) is 0 Å². The third-order valence-electron chi connectivity index (χ3n) is 10.5. The van der Waals surface area contributed by atoms with Gasteiger partial charge in [-0.25, -0.2) is 0 Å². The quantitative estimate of drug-likeness (QED) is 0.0262. The predicted molar refractivity (Wildman–Crippen MR) is 297 cm³/mol. The van der Waals surface area contributed by atoms with Gasteiger partial charge in [0.2, 0.25) is 0 Å². The Morgan fingerprint density at radius 3 is 0.841 bits per heavy atom. The Labute approximate surface area is 422 Å². The third-order valence-corrected chi connectivity index (χ3v) is 10.5. The highest BCUT2D eigenvalue weighted by molar-refractivity contribution is 5.71. The molecule has 0 bridgehead atoms. The van der Waals surface area contributed by atoms with Crippen molar-refractivity contribution in [3.05, 3.63) is 158 Å². The van der Waals surface area contributed by atoms with Crippen molar-refractivity contribution >= 4 is 17.9 Å². The Kier molecular flexibility index (Phi) is 51.6. The Morgan fingerprint density at radius 2 is 0.522 bits per heavy atom. The van der Waals surface area contributed by atoms with Gasteiger partial charge < -0.3 is 14.2 Å². The maximum Gasteiger partial charge on any atom is 0.306 e. The Balaban J connectivity index is 4.56. The van der Waals surface area contributed by atoms with Crippen molar-refractivity contribution in [3.63, 3.8) is 0 Å². The van der Waals surface area contributed by atoms with Gasteiger partial charge in [-0.3, -0.25) is 14.4 Å². The molecule has 1 unspecified atom stereocenters. The maximum absolute atomic E-state index is 12.8. The van der Waals surface area contributed by atoms with Crippen LogP contribution in [0.4, 0.5) is 0 Å². The van der Waals surface area contributed by atoms with Gasteiger partial charge >= 0.3 is 17.9 Å². The van der Waals surface area contributed by atoms with E-state index in [-0.39, 0.29) is 44.0 Å². The van der Waals surface area contributed by atoms with E-state index in [2.05, 4.69) is 179 Å². The molecular weight excluding hydrogens is 853 g/mol. The van der Waals surface area contributed by atoms with E-state index in [0.717, 1.165) is 148 Å². The molecule has 0 aliphatic rings. The summed E-state index contributed by atoms with van der Waals surface area (Å²) in [6.07, 6.45) is 80.9. The van der Waals surface area contributed by atoms with E-state index >= 15 is 0 Å². The minimum absolute atomic E-state index is 0.126. The lowest BCUT2D eigenvalue weighted by Crippen LogP contribution is -2.30. The normalized spacial score (nSPS) is 13.4. The zero-order valence-corrected chi connectivity index (χ0v) is 43.8. The number of carbonyl (C=O) groups is 3. The molecule has 0 radical (unpaired) electrons. The molecule has 6 nitrogen and oxygen atoms in total. The number of esters is 3. The van der Waals surface area contributed by atoms with E-state index in [1.54, 1.807) is 0 Å². The minimum Gasteiger partial charge on any atom is -0.462 e. The van der Waals surface area contributed by atoms with Crippen molar-refractivity contribution in [2.45, 2.75) is 207 Å². The molecule has 0 heterocycles. The molecule has 6 heteroatoms. The van der Waals surface area contributed by atoms with E-state index in [4.69, 9.17) is 14.2 Å². The molecule has 0 amide bonds. The fourth-order valence-electron chi connectivity index (χ4n) is 6.57. The molecule has 384 valence electrons. The van der Waals surface area contributed by atoms with Crippen LogP contribution in [0.2, 0.25) is 0 Å². The number of ether oxygens (including phenoxy) is 3. The Hall–Kier alpha value is -4.97. The zero-order chi connectivity index (χ0) is 50.0. The molecule has 0 aliphatic heterocycles. The monoisotopic (exact) mass is 949 g/mol. The standard InChI is InChI=1S/C63H96O6/c1-4-7-10-13-16-19-22-25-28-29-30-31-32-33-36-38-41-44-47-50-53-56-62(65)68-59-60(69-63(66)57-54-51-48-45-42-39-35-27-24-21-18-15-12-9-6-3)58-67-61(64)55-52-49-46-43-40-37-34-26-23-20-17-14-11-8-5-2/h7-12,16-21,25-28,30-31,33-36,40,42-43,45,60H,4-6,13-15,22-24,29,32,37-39,41,44,46-59H2,1-3H3/b10-7-,11-8-,12-9-,19-16-,20-17-,21-18-,28-25-,31-30-,34-26-,35-27-,36-33-,43-40-,45-42-. The highest BCUT2D eigenvalue weighted by Crippen LogP contribution is 2.11. The van der Waals surface area contributed by atoms with Crippen LogP contribution in [0, 0.1) is 0 Å². The summed E-state index contributed by atoms with van der Waals surface area (Å²) in [5.74, 6) is -1.04. The van der Waals surface area contributed by atoms with E-state index in [9.17, 15) is 14.4 Å². The average Bonchev–Trinajstić information content (AvgIpc) is 3.35. The van der Waals surface area contributed by atoms with Crippen LogP contribution < -0.4 is 0 Å². The number of allylic oxidation sites excluding steroid dienone is 26. The number of unbranched alkanes of at least 4 members (excludes halogenated alkanes) is 9. The van der Waals surface area contributed by atoms with Gasteiger partial charge in [0.25, 0.3) is 0 Å². The van der Waals surface area contributed by atoms with Gasteiger partial charge in [-0.1, -0.05) is 198 Å². The van der Waals surface area contributed by atoms with E-state index in [1.165, 1.54) is 0 Å². The first kappa shape index (κ1) is 64.0. The second kappa shape index (κ2) is 55.6. The third kappa shape index (κ3) is 53.8. The fraction of sp³-hybridized carbons (Fsp3) is 0.540. The number of rotatable bonds is 46. The lowest BCUT2D eigenvalue weighted by molar-refractivity contribution is -0.167. The zero-order valence-electron chi connectivity index (χ0n) is 43.8. The molecule has 0 aromatic rings. The largest absolute Gasteiger partial charge is 0.462 e. The van der Waals surface area contributed by atoms with Crippen LogP contribution in [0.15, 0.2) is 158 Å². The topological polar surface area (TPSA) is 78.9 Å². The van der Waals surface area contributed by atoms with Crippen molar-refractivity contribution < 1.29 is 28.6 Å². The molecule has 0 aliphatic carbocycles. The summed E-state index contributed by atoms with van der Waals surface area (Å²) in [7, 11) is 0. The van der Waals surface area contributed by atoms with Gasteiger partial charge in [-0.2, -0.15) is 0 Å². The van der Waals surface area contributed by atoms with Crippen LogP contribution in [0.5, 0.6) is 0 Å². The number of hydrogen-bond donors (Lipinski definition) is 0. The van der Waals surface area contributed by atoms with Gasteiger partial charge in [-0.05, 0) is 141 Å². The molecule has 0 saturated heterocycles. The molecule has 0 fully saturated rings. The maximum atomic E-state index is 12.8. The summed E-state index contributed by atoms with van der Waals surface area (Å²) in [4.78, 5) is 38.1. The van der Waals surface area contributed by atoms with Gasteiger partial charge in [0.15, 0.2) is 6.10 Å². The second-order valence-corrected chi connectivity index (χ2v) is 17.0. The van der Waals surface area contributed by atoms with Crippen LogP contribution in [-0.2, 0) is 28.6 Å². The van der Waals surface area contributed by atoms with Crippen LogP contribution in [-0.4, -0.2) is 37.2 Å². The molecule has 0 saturated carbocycles. The van der Waals surface area contributed by atoms with Gasteiger partial charge in [-0.15, -0.1) is 0 Å². The fourth-order valence-corrected chi connectivity index (χ4v) is 6.57. The number of hydrogen-bond acceptors (Lipinski definition) is 6. The average molecular weight is 949 g/mol. The van der Waals surface area contributed by atoms with E-state index in [0.29, 0.717) is 19.3 Å². The second-order valence-electron chi connectivity index (χ2n) is 17.0. The van der Waals surface area contributed by atoms with E-state index in [1.807, 2.05) is 0 Å². The smallest absolute Gasteiger partial charge is 0.306 e. The summed E-state index contributed by atoms with van der Waals surface area (Å²) in [5, 5.41) is 0. The molecule has 1 atom stereocenters. The summed E-state index contributed by atoms with van der Waals surface area (Å²) < 4.78 is 16.7. The number of carbonyl (C=O) groups excluding carboxylic acids is 3. The van der Waals surface area contributed by atoms with E-state index < -0.39 is 6.10 Å². The van der Waals surface area contributed by atoms with Crippen LogP contribution in [0.1, 0.15) is 201 Å². The van der Waals surface area contributed by atoms with Crippen molar-refractivity contribution in [1.82, 2.24) is 0 Å². The summed E-state index contributed by atoms with van der Waals surface area (Å²) in [6, 6.07) is 0. The minimum atomic E-state index is -0.833. The van der Waals surface area contributed by atoms with Crippen LogP contribution >= 0.6 is 0 Å². The summed E-state index contributed by atoms with van der Waals surface area (Å²) >= 11 is 0. The molecule has 69 heavy (non-hydrogen) atoms. The lowest BCUT2D eigenvalue weighted by Gasteiger charge is -2.18. The molecule has 0 aromatic carbocycles. The molecule has 0 aromatic heterocycles. The van der Waals surface area contributed by atoms with Crippen molar-refractivity contribution in [3.8, 4) is 0 Å². The Morgan fingerprint density at radius 1 is 0.290 bits per heavy atom. The highest BCUT2D eigenvalue weighted by Gasteiger charge is 2.19. The van der Waals surface area contributed by atoms with Crippen LogP contribution in [0.25, 0.3) is 0 Å². The predicted octanol–water partition coefficient (Wildman–Crippen LogP) is 18.2.